The smallest absolute Gasteiger partial charge is 0.307 e. The van der Waals surface area contributed by atoms with Crippen molar-refractivity contribution in [3.8, 4) is 0 Å². The minimum absolute atomic E-state index is 0.0850. The zero-order valence-electron chi connectivity index (χ0n) is 8.62. The van der Waals surface area contributed by atoms with E-state index in [1.807, 2.05) is 13.8 Å². The second kappa shape index (κ2) is 3.01. The van der Waals surface area contributed by atoms with Crippen LogP contribution in [0.2, 0.25) is 0 Å². The topological polar surface area (TPSA) is 46.5 Å². The fourth-order valence-corrected chi connectivity index (χ4v) is 2.60. The Morgan fingerprint density at radius 1 is 1.64 bits per heavy atom. The molecule has 2 atom stereocenters. The average molecular weight is 196 g/mol. The summed E-state index contributed by atoms with van der Waals surface area (Å²) >= 11 is 0. The van der Waals surface area contributed by atoms with Crippen LogP contribution in [0, 0.1) is 17.3 Å². The van der Waals surface area contributed by atoms with Crippen LogP contribution >= 0.6 is 0 Å². The van der Waals surface area contributed by atoms with E-state index >= 15 is 0 Å². The molecule has 1 N–H and O–H groups in total. The zero-order chi connectivity index (χ0) is 10.3. The van der Waals surface area contributed by atoms with Crippen molar-refractivity contribution in [3.63, 3.8) is 0 Å². The van der Waals surface area contributed by atoms with Crippen LogP contribution in [-0.2, 0) is 9.53 Å². The van der Waals surface area contributed by atoms with Crippen LogP contribution in [0.15, 0.2) is 11.8 Å². The second-order valence-corrected chi connectivity index (χ2v) is 4.78. The van der Waals surface area contributed by atoms with Crippen LogP contribution in [0.3, 0.4) is 0 Å². The molecule has 14 heavy (non-hydrogen) atoms. The molecule has 3 heteroatoms. The molecule has 1 aliphatic carbocycles. The Kier molecular flexibility index (Phi) is 2.05. The molecule has 2 rings (SSSR count). The highest BCUT2D eigenvalue weighted by Crippen LogP contribution is 2.62. The maximum atomic E-state index is 11.0. The Bertz CT molecular complexity index is 291. The van der Waals surface area contributed by atoms with Crippen LogP contribution < -0.4 is 0 Å². The Hall–Kier alpha value is -0.990. The molecule has 0 unspecified atom stereocenters. The lowest BCUT2D eigenvalue weighted by molar-refractivity contribution is -0.139. The van der Waals surface area contributed by atoms with Crippen molar-refractivity contribution in [1.82, 2.24) is 0 Å². The largest absolute Gasteiger partial charge is 0.501 e. The molecular formula is C11H16O3. The molecule has 0 saturated heterocycles. The molecule has 0 spiro atoms. The maximum Gasteiger partial charge on any atom is 0.307 e. The van der Waals surface area contributed by atoms with Crippen molar-refractivity contribution < 1.29 is 14.6 Å². The Balaban J connectivity index is 2.13. The number of ether oxygens (including phenoxy) is 1. The Morgan fingerprint density at radius 3 is 2.79 bits per heavy atom. The molecule has 0 bridgehead atoms. The molecule has 0 aromatic rings. The van der Waals surface area contributed by atoms with Crippen LogP contribution in [0.4, 0.5) is 0 Å². The molecule has 1 saturated carbocycles. The summed E-state index contributed by atoms with van der Waals surface area (Å²) in [6, 6.07) is 0. The lowest BCUT2D eigenvalue weighted by Gasteiger charge is -2.14. The van der Waals surface area contributed by atoms with Gasteiger partial charge >= 0.3 is 5.97 Å². The van der Waals surface area contributed by atoms with Gasteiger partial charge in [0.25, 0.3) is 0 Å². The molecule has 1 fully saturated rings. The summed E-state index contributed by atoms with van der Waals surface area (Å²) in [5, 5.41) is 9.02. The van der Waals surface area contributed by atoms with E-state index in [9.17, 15) is 4.79 Å². The highest BCUT2D eigenvalue weighted by atomic mass is 16.5. The summed E-state index contributed by atoms with van der Waals surface area (Å²) in [5.74, 6) is -0.692. The van der Waals surface area contributed by atoms with Gasteiger partial charge in [0.15, 0.2) is 0 Å². The summed E-state index contributed by atoms with van der Waals surface area (Å²) < 4.78 is 5.25. The summed E-state index contributed by atoms with van der Waals surface area (Å²) in [7, 11) is 0. The van der Waals surface area contributed by atoms with Crippen molar-refractivity contribution in [3.05, 3.63) is 11.8 Å². The maximum absolute atomic E-state index is 11.0. The SMILES string of the molecule is CC1(C)[C@H](C(=O)O)[C@H]1C1=COCCC1. The molecule has 3 nitrogen and oxygen atoms in total. The number of carbonyl (C=O) groups is 1. The molecule has 78 valence electrons. The van der Waals surface area contributed by atoms with Crippen LogP contribution in [-0.4, -0.2) is 17.7 Å². The lowest BCUT2D eigenvalue weighted by atomic mass is 10.00. The van der Waals surface area contributed by atoms with Crippen molar-refractivity contribution in [2.75, 3.05) is 6.61 Å². The van der Waals surface area contributed by atoms with Crippen LogP contribution in [0.5, 0.6) is 0 Å². The highest BCUT2D eigenvalue weighted by Gasteiger charge is 2.63. The van der Waals surface area contributed by atoms with E-state index in [0.717, 1.165) is 19.4 Å². The van der Waals surface area contributed by atoms with E-state index < -0.39 is 5.97 Å². The Labute approximate surface area is 83.8 Å². The summed E-state index contributed by atoms with van der Waals surface area (Å²) in [5.41, 5.74) is 1.10. The first kappa shape index (κ1) is 9.56. The number of carboxylic acid groups (broad SMARTS) is 1. The van der Waals surface area contributed by atoms with Gasteiger partial charge in [0.05, 0.1) is 18.8 Å². The number of aliphatic carboxylic acids is 1. The van der Waals surface area contributed by atoms with Crippen molar-refractivity contribution >= 4 is 5.97 Å². The van der Waals surface area contributed by atoms with Gasteiger partial charge in [-0.3, -0.25) is 4.79 Å². The normalized spacial score (nSPS) is 34.3. The molecule has 1 heterocycles. The molecular weight excluding hydrogens is 180 g/mol. The van der Waals surface area contributed by atoms with Crippen molar-refractivity contribution in [2.24, 2.45) is 17.3 Å². The predicted octanol–water partition coefficient (Wildman–Crippen LogP) is 2.04. The van der Waals surface area contributed by atoms with Gasteiger partial charge in [-0.15, -0.1) is 0 Å². The number of allylic oxidation sites excluding steroid dienone is 1. The van der Waals surface area contributed by atoms with E-state index in [2.05, 4.69) is 0 Å². The summed E-state index contributed by atoms with van der Waals surface area (Å²) in [6.07, 6.45) is 3.79. The van der Waals surface area contributed by atoms with Crippen molar-refractivity contribution in [2.45, 2.75) is 26.7 Å². The van der Waals surface area contributed by atoms with E-state index in [1.165, 1.54) is 5.57 Å². The predicted molar refractivity (Wildman–Crippen MR) is 51.7 cm³/mol. The third-order valence-electron chi connectivity index (χ3n) is 3.46. The fourth-order valence-electron chi connectivity index (χ4n) is 2.60. The van der Waals surface area contributed by atoms with E-state index in [1.54, 1.807) is 6.26 Å². The van der Waals surface area contributed by atoms with E-state index in [0.29, 0.717) is 0 Å². The third kappa shape index (κ3) is 1.31. The number of rotatable bonds is 2. The molecule has 0 aromatic carbocycles. The van der Waals surface area contributed by atoms with Gasteiger partial charge in [0.1, 0.15) is 0 Å². The van der Waals surface area contributed by atoms with E-state index in [4.69, 9.17) is 9.84 Å². The number of hydrogen-bond acceptors (Lipinski definition) is 2. The van der Waals surface area contributed by atoms with Gasteiger partial charge in [-0.05, 0) is 23.8 Å². The van der Waals surface area contributed by atoms with Gasteiger partial charge in [-0.25, -0.2) is 0 Å². The van der Waals surface area contributed by atoms with Gasteiger partial charge in [-0.1, -0.05) is 13.8 Å². The first-order valence-electron chi connectivity index (χ1n) is 5.08. The minimum Gasteiger partial charge on any atom is -0.501 e. The van der Waals surface area contributed by atoms with Crippen molar-refractivity contribution in [1.29, 1.82) is 0 Å². The van der Waals surface area contributed by atoms with Gasteiger partial charge in [0, 0.05) is 5.92 Å². The zero-order valence-corrected chi connectivity index (χ0v) is 8.62. The summed E-state index contributed by atoms with van der Waals surface area (Å²) in [4.78, 5) is 11.0. The second-order valence-electron chi connectivity index (χ2n) is 4.78. The average Bonchev–Trinajstić information content (AvgIpc) is 2.71. The first-order chi connectivity index (χ1) is 6.55. The van der Waals surface area contributed by atoms with Gasteiger partial charge < -0.3 is 9.84 Å². The lowest BCUT2D eigenvalue weighted by Crippen LogP contribution is -2.05. The van der Waals surface area contributed by atoms with Crippen LogP contribution in [0.25, 0.3) is 0 Å². The fraction of sp³-hybridized carbons (Fsp3) is 0.727. The molecule has 0 aromatic heterocycles. The molecule has 0 amide bonds. The van der Waals surface area contributed by atoms with E-state index in [-0.39, 0.29) is 17.3 Å². The van der Waals surface area contributed by atoms with Gasteiger partial charge in [-0.2, -0.15) is 0 Å². The first-order valence-corrected chi connectivity index (χ1v) is 5.08. The van der Waals surface area contributed by atoms with Gasteiger partial charge in [0.2, 0.25) is 0 Å². The molecule has 2 aliphatic rings. The monoisotopic (exact) mass is 196 g/mol. The van der Waals surface area contributed by atoms with Crippen LogP contribution in [0.1, 0.15) is 26.7 Å². The highest BCUT2D eigenvalue weighted by molar-refractivity contribution is 5.76. The number of carboxylic acids is 1. The molecule has 0 radical (unpaired) electrons. The number of hydrogen-bond donors (Lipinski definition) is 1. The third-order valence-corrected chi connectivity index (χ3v) is 3.46. The summed E-state index contributed by atoms with van der Waals surface area (Å²) in [6.45, 7) is 4.81. The Morgan fingerprint density at radius 2 is 2.36 bits per heavy atom. The standard InChI is InChI=1S/C11H16O3/c1-11(2)8(9(11)10(12)13)7-4-3-5-14-6-7/h6,8-9H,3-5H2,1-2H3,(H,12,13)/t8-,9+/m1/s1. The minimum atomic E-state index is -0.675. The quantitative estimate of drug-likeness (QED) is 0.735. The molecule has 1 aliphatic heterocycles.